The Morgan fingerprint density at radius 2 is 1.60 bits per heavy atom. The van der Waals surface area contributed by atoms with Gasteiger partial charge in [-0.25, -0.2) is 8.42 Å². The van der Waals surface area contributed by atoms with Crippen LogP contribution in [0.1, 0.15) is 38.2 Å². The molecular weight excluding hydrogens is 404 g/mol. The normalized spacial score (nSPS) is 22.8. The zero-order chi connectivity index (χ0) is 21.7. The number of aryl methyl sites for hydroxylation is 1. The number of carboxylic acids is 1. The minimum Gasteiger partial charge on any atom is -0.481 e. The number of hydrogen-bond donors (Lipinski definition) is 1. The highest BCUT2D eigenvalue weighted by molar-refractivity contribution is 7.89. The fourth-order valence-corrected chi connectivity index (χ4v) is 5.52. The van der Waals surface area contributed by atoms with Crippen LogP contribution in [0.2, 0.25) is 0 Å². The van der Waals surface area contributed by atoms with Crippen LogP contribution in [0.3, 0.4) is 0 Å². The molecule has 1 aromatic rings. The van der Waals surface area contributed by atoms with Crippen molar-refractivity contribution in [2.45, 2.75) is 43.9 Å². The Bertz CT molecular complexity index is 887. The number of allylic oxidation sites excluding steroid dienone is 2. The second-order valence-corrected chi connectivity index (χ2v) is 9.91. The Morgan fingerprint density at radius 3 is 2.17 bits per heavy atom. The minimum atomic E-state index is -3.61. The highest BCUT2D eigenvalue weighted by Gasteiger charge is 2.38. The van der Waals surface area contributed by atoms with Crippen molar-refractivity contribution in [3.8, 4) is 0 Å². The maximum Gasteiger partial charge on any atom is 0.307 e. The van der Waals surface area contributed by atoms with Crippen LogP contribution in [-0.2, 0) is 26.0 Å². The van der Waals surface area contributed by atoms with E-state index in [9.17, 15) is 23.1 Å². The fourth-order valence-electron chi connectivity index (χ4n) is 4.10. The number of benzene rings is 1. The van der Waals surface area contributed by atoms with Gasteiger partial charge in [-0.3, -0.25) is 9.59 Å². The van der Waals surface area contributed by atoms with E-state index in [2.05, 4.69) is 6.92 Å². The van der Waals surface area contributed by atoms with E-state index in [1.165, 1.54) is 4.31 Å². The molecular formula is C22H30N2O5S. The van der Waals surface area contributed by atoms with E-state index in [0.29, 0.717) is 12.8 Å². The number of carbonyl (C=O) groups is 2. The predicted octanol–water partition coefficient (Wildman–Crippen LogP) is 2.53. The molecule has 3 rings (SSSR count). The first-order chi connectivity index (χ1) is 14.3. The number of hydrogen-bond acceptors (Lipinski definition) is 4. The lowest BCUT2D eigenvalue weighted by atomic mass is 9.82. The molecule has 0 aromatic heterocycles. The second kappa shape index (κ2) is 9.75. The standard InChI is InChI=1S/C22H30N2O5S/c1-2-3-6-17-9-11-18(12-10-17)30(28,29)24-15-13-23(14-16-24)21(25)19-7-4-5-8-20(19)22(26)27/h4-5,9-12,19-20H,2-3,6-8,13-16H2,1H3,(H,26,27). The molecule has 0 bridgehead atoms. The third kappa shape index (κ3) is 4.92. The van der Waals surface area contributed by atoms with E-state index >= 15 is 0 Å². The molecule has 0 saturated carbocycles. The van der Waals surface area contributed by atoms with E-state index in [1.807, 2.05) is 18.2 Å². The minimum absolute atomic E-state index is 0.191. The van der Waals surface area contributed by atoms with E-state index < -0.39 is 27.8 Å². The van der Waals surface area contributed by atoms with E-state index in [4.69, 9.17) is 0 Å². The molecule has 2 aliphatic rings. The number of aliphatic carboxylic acids is 1. The molecule has 7 nitrogen and oxygen atoms in total. The van der Waals surface area contributed by atoms with Crippen molar-refractivity contribution in [1.29, 1.82) is 0 Å². The van der Waals surface area contributed by atoms with Gasteiger partial charge in [0.1, 0.15) is 0 Å². The van der Waals surface area contributed by atoms with Crippen LogP contribution in [0.25, 0.3) is 0 Å². The van der Waals surface area contributed by atoms with Crippen molar-refractivity contribution in [2.75, 3.05) is 26.2 Å². The first-order valence-electron chi connectivity index (χ1n) is 10.6. The van der Waals surface area contributed by atoms with Gasteiger partial charge in [-0.1, -0.05) is 37.6 Å². The van der Waals surface area contributed by atoms with Gasteiger partial charge in [0.2, 0.25) is 15.9 Å². The van der Waals surface area contributed by atoms with Crippen molar-refractivity contribution in [1.82, 2.24) is 9.21 Å². The zero-order valence-electron chi connectivity index (χ0n) is 17.4. The van der Waals surface area contributed by atoms with Gasteiger partial charge in [0.25, 0.3) is 0 Å². The molecule has 164 valence electrons. The third-order valence-electron chi connectivity index (χ3n) is 6.00. The summed E-state index contributed by atoms with van der Waals surface area (Å²) in [5.74, 6) is -2.44. The number of piperazine rings is 1. The largest absolute Gasteiger partial charge is 0.481 e. The Kier molecular flexibility index (Phi) is 7.31. The Labute approximate surface area is 178 Å². The highest BCUT2D eigenvalue weighted by Crippen LogP contribution is 2.28. The van der Waals surface area contributed by atoms with Crippen molar-refractivity contribution >= 4 is 21.9 Å². The van der Waals surface area contributed by atoms with Crippen LogP contribution < -0.4 is 0 Å². The summed E-state index contributed by atoms with van der Waals surface area (Å²) in [5.41, 5.74) is 1.13. The number of nitrogens with zero attached hydrogens (tertiary/aromatic N) is 2. The highest BCUT2D eigenvalue weighted by atomic mass is 32.2. The molecule has 1 aliphatic carbocycles. The fraction of sp³-hybridized carbons (Fsp3) is 0.545. The topological polar surface area (TPSA) is 95.0 Å². The number of amides is 1. The molecule has 1 aliphatic heterocycles. The summed E-state index contributed by atoms with van der Waals surface area (Å²) < 4.78 is 27.3. The van der Waals surface area contributed by atoms with Gasteiger partial charge in [-0.2, -0.15) is 4.31 Å². The molecule has 1 saturated heterocycles. The first kappa shape index (κ1) is 22.5. The van der Waals surface area contributed by atoms with Crippen LogP contribution in [0, 0.1) is 11.8 Å². The summed E-state index contributed by atoms with van der Waals surface area (Å²) in [6.07, 6.45) is 7.53. The average Bonchev–Trinajstić information content (AvgIpc) is 2.77. The lowest BCUT2D eigenvalue weighted by Crippen LogP contribution is -2.53. The quantitative estimate of drug-likeness (QED) is 0.666. The van der Waals surface area contributed by atoms with Crippen molar-refractivity contribution in [3.05, 3.63) is 42.0 Å². The van der Waals surface area contributed by atoms with Crippen molar-refractivity contribution < 1.29 is 23.1 Å². The number of rotatable bonds is 7. The molecule has 2 unspecified atom stereocenters. The number of carboxylic acid groups (broad SMARTS) is 1. The average molecular weight is 435 g/mol. The summed E-state index contributed by atoms with van der Waals surface area (Å²) in [6.45, 7) is 3.10. The maximum absolute atomic E-state index is 13.0. The molecule has 0 radical (unpaired) electrons. The Morgan fingerprint density at radius 1 is 1.00 bits per heavy atom. The first-order valence-corrected chi connectivity index (χ1v) is 12.0. The van der Waals surface area contributed by atoms with Crippen molar-refractivity contribution in [3.63, 3.8) is 0 Å². The Balaban J connectivity index is 1.62. The lowest BCUT2D eigenvalue weighted by molar-refractivity contribution is -0.151. The van der Waals surface area contributed by atoms with Gasteiger partial charge in [0, 0.05) is 26.2 Å². The van der Waals surface area contributed by atoms with Crippen LogP contribution in [0.4, 0.5) is 0 Å². The smallest absolute Gasteiger partial charge is 0.307 e. The summed E-state index contributed by atoms with van der Waals surface area (Å²) in [4.78, 5) is 26.2. The number of unbranched alkanes of at least 4 members (excludes halogenated alkanes) is 1. The van der Waals surface area contributed by atoms with Gasteiger partial charge >= 0.3 is 5.97 Å². The van der Waals surface area contributed by atoms with Gasteiger partial charge in [0.05, 0.1) is 16.7 Å². The monoisotopic (exact) mass is 434 g/mol. The molecule has 2 atom stereocenters. The summed E-state index contributed by atoms with van der Waals surface area (Å²) in [5, 5.41) is 9.41. The van der Waals surface area contributed by atoms with Gasteiger partial charge in [-0.15, -0.1) is 0 Å². The second-order valence-electron chi connectivity index (χ2n) is 7.97. The Hall–Kier alpha value is -2.19. The third-order valence-corrected chi connectivity index (χ3v) is 7.91. The zero-order valence-corrected chi connectivity index (χ0v) is 18.2. The molecule has 1 amide bonds. The molecule has 30 heavy (non-hydrogen) atoms. The van der Waals surface area contributed by atoms with Gasteiger partial charge < -0.3 is 10.0 Å². The number of carbonyl (C=O) groups excluding carboxylic acids is 1. The summed E-state index contributed by atoms with van der Waals surface area (Å²) in [7, 11) is -3.61. The van der Waals surface area contributed by atoms with Crippen LogP contribution in [-0.4, -0.2) is 60.8 Å². The summed E-state index contributed by atoms with van der Waals surface area (Å²) in [6, 6.07) is 7.04. The van der Waals surface area contributed by atoms with Gasteiger partial charge in [0.15, 0.2) is 0 Å². The maximum atomic E-state index is 13.0. The molecule has 1 fully saturated rings. The van der Waals surface area contributed by atoms with Crippen molar-refractivity contribution in [2.24, 2.45) is 11.8 Å². The molecule has 1 aromatic carbocycles. The van der Waals surface area contributed by atoms with E-state index in [1.54, 1.807) is 23.1 Å². The molecule has 1 N–H and O–H groups in total. The molecule has 1 heterocycles. The lowest BCUT2D eigenvalue weighted by Gasteiger charge is -2.37. The van der Waals surface area contributed by atoms with E-state index in [0.717, 1.165) is 24.8 Å². The SMILES string of the molecule is CCCCc1ccc(S(=O)(=O)N2CCN(C(=O)C3CC=CCC3C(=O)O)CC2)cc1. The van der Waals surface area contributed by atoms with E-state index in [-0.39, 0.29) is 37.0 Å². The molecule has 8 heteroatoms. The number of sulfonamides is 1. The van der Waals surface area contributed by atoms with Crippen LogP contribution in [0.15, 0.2) is 41.3 Å². The van der Waals surface area contributed by atoms with Gasteiger partial charge in [-0.05, 0) is 43.4 Å². The summed E-state index contributed by atoms with van der Waals surface area (Å²) >= 11 is 0. The van der Waals surface area contributed by atoms with Crippen LogP contribution >= 0.6 is 0 Å². The van der Waals surface area contributed by atoms with Crippen LogP contribution in [0.5, 0.6) is 0 Å². The predicted molar refractivity (Wildman–Crippen MR) is 113 cm³/mol. The molecule has 0 spiro atoms.